The minimum atomic E-state index is -4.40. The van der Waals surface area contributed by atoms with E-state index in [9.17, 15) is 22.4 Å². The molecule has 0 aromatic heterocycles. The van der Waals surface area contributed by atoms with Crippen LogP contribution in [0.15, 0.2) is 71.6 Å². The number of hydrogen-bond donors (Lipinski definition) is 1. The lowest BCUT2D eigenvalue weighted by molar-refractivity contribution is -0.139. The molecule has 3 aromatic carbocycles. The van der Waals surface area contributed by atoms with Gasteiger partial charge in [0.15, 0.2) is 11.5 Å². The number of carbonyl (C=O) groups is 2. The highest BCUT2D eigenvalue weighted by atomic mass is 35.5. The zero-order chi connectivity index (χ0) is 30.9. The Hall–Kier alpha value is -3.83. The number of carbonyl (C=O) groups excluding carboxylic acids is 2. The average molecular weight is 620 g/mol. The molecule has 3 rings (SSSR count). The predicted octanol–water partition coefficient (Wildman–Crippen LogP) is 5.03. The van der Waals surface area contributed by atoms with Crippen LogP contribution in [-0.2, 0) is 26.2 Å². The number of anilines is 1. The molecule has 0 bridgehead atoms. The molecule has 0 saturated heterocycles. The van der Waals surface area contributed by atoms with Crippen molar-refractivity contribution in [1.29, 1.82) is 0 Å². The van der Waals surface area contributed by atoms with Gasteiger partial charge in [0, 0.05) is 24.2 Å². The summed E-state index contributed by atoms with van der Waals surface area (Å²) in [7, 11) is -1.61. The number of benzene rings is 3. The fraction of sp³-hybridized carbons (Fsp3) is 0.333. The Morgan fingerprint density at radius 1 is 1.00 bits per heavy atom. The first-order valence-corrected chi connectivity index (χ1v) is 15.2. The number of amides is 2. The van der Waals surface area contributed by atoms with Crippen LogP contribution >= 0.6 is 11.6 Å². The van der Waals surface area contributed by atoms with Gasteiger partial charge in [-0.2, -0.15) is 0 Å². The van der Waals surface area contributed by atoms with E-state index in [2.05, 4.69) is 5.32 Å². The minimum Gasteiger partial charge on any atom is -0.493 e. The molecule has 0 saturated carbocycles. The van der Waals surface area contributed by atoms with Gasteiger partial charge in [-0.1, -0.05) is 43.1 Å². The molecule has 0 heterocycles. The highest BCUT2D eigenvalue weighted by molar-refractivity contribution is 7.92. The Labute approximate surface area is 251 Å². The van der Waals surface area contributed by atoms with Crippen LogP contribution in [0.3, 0.4) is 0 Å². The summed E-state index contributed by atoms with van der Waals surface area (Å²) in [5, 5.41) is 3.22. The van der Waals surface area contributed by atoms with Crippen molar-refractivity contribution in [3.8, 4) is 11.5 Å². The van der Waals surface area contributed by atoms with Crippen molar-refractivity contribution < 1.29 is 31.9 Å². The van der Waals surface area contributed by atoms with Crippen LogP contribution in [0.25, 0.3) is 0 Å². The molecule has 1 N–H and O–H groups in total. The van der Waals surface area contributed by atoms with Crippen molar-refractivity contribution in [2.45, 2.75) is 44.2 Å². The smallest absolute Gasteiger partial charge is 0.264 e. The van der Waals surface area contributed by atoms with Gasteiger partial charge in [0.2, 0.25) is 11.8 Å². The van der Waals surface area contributed by atoms with Gasteiger partial charge in [-0.15, -0.1) is 0 Å². The summed E-state index contributed by atoms with van der Waals surface area (Å²) < 4.78 is 53.2. The molecule has 0 spiro atoms. The average Bonchev–Trinajstić information content (AvgIpc) is 2.99. The Kier molecular flexibility index (Phi) is 11.6. The fourth-order valence-electron chi connectivity index (χ4n) is 4.17. The zero-order valence-corrected chi connectivity index (χ0v) is 25.5. The summed E-state index contributed by atoms with van der Waals surface area (Å²) in [5.41, 5.74) is 0.633. The molecule has 3 aromatic rings. The van der Waals surface area contributed by atoms with Crippen molar-refractivity contribution in [3.05, 3.63) is 83.1 Å². The molecule has 0 radical (unpaired) electrons. The number of halogens is 2. The molecular formula is C30H35ClFN3O6S. The second-order valence-corrected chi connectivity index (χ2v) is 11.7. The molecule has 0 aliphatic heterocycles. The minimum absolute atomic E-state index is 0.0471. The number of rotatable bonds is 14. The molecular weight excluding hydrogens is 585 g/mol. The highest BCUT2D eigenvalue weighted by Crippen LogP contribution is 2.32. The van der Waals surface area contributed by atoms with Crippen LogP contribution in [0.2, 0.25) is 5.02 Å². The SMILES string of the molecule is CCCCNC(=O)[C@H](C)N(Cc1ccccc1Cl)C(=O)CN(c1ccc(F)cc1)S(=O)(=O)c1ccc(OC)c(OC)c1. The number of ether oxygens (including phenoxy) is 2. The summed E-state index contributed by atoms with van der Waals surface area (Å²) in [4.78, 5) is 28.1. The first-order valence-electron chi connectivity index (χ1n) is 13.3. The normalized spacial score (nSPS) is 11.9. The van der Waals surface area contributed by atoms with Crippen molar-refractivity contribution in [1.82, 2.24) is 10.2 Å². The number of sulfonamides is 1. The maximum absolute atomic E-state index is 14.0. The van der Waals surface area contributed by atoms with Crippen molar-refractivity contribution in [3.63, 3.8) is 0 Å². The second kappa shape index (κ2) is 14.9. The topological polar surface area (TPSA) is 105 Å². The van der Waals surface area contributed by atoms with E-state index < -0.39 is 34.3 Å². The van der Waals surface area contributed by atoms with E-state index in [4.69, 9.17) is 21.1 Å². The summed E-state index contributed by atoms with van der Waals surface area (Å²) in [6, 6.07) is 14.7. The Balaban J connectivity index is 2.05. The van der Waals surface area contributed by atoms with E-state index in [1.54, 1.807) is 31.2 Å². The third-order valence-electron chi connectivity index (χ3n) is 6.63. The van der Waals surface area contributed by atoms with Crippen LogP contribution in [0.4, 0.5) is 10.1 Å². The molecule has 0 aliphatic rings. The molecule has 2 amide bonds. The molecule has 0 unspecified atom stereocenters. The van der Waals surface area contributed by atoms with Crippen LogP contribution < -0.4 is 19.1 Å². The summed E-state index contributed by atoms with van der Waals surface area (Å²) >= 11 is 6.38. The third kappa shape index (κ3) is 7.92. The van der Waals surface area contributed by atoms with Crippen molar-refractivity contribution in [2.75, 3.05) is 31.6 Å². The van der Waals surface area contributed by atoms with E-state index in [0.29, 0.717) is 22.9 Å². The van der Waals surface area contributed by atoms with Crippen molar-refractivity contribution in [2.24, 2.45) is 0 Å². The fourth-order valence-corrected chi connectivity index (χ4v) is 5.79. The lowest BCUT2D eigenvalue weighted by atomic mass is 10.1. The number of hydrogen-bond acceptors (Lipinski definition) is 6. The van der Waals surface area contributed by atoms with E-state index in [-0.39, 0.29) is 28.8 Å². The largest absolute Gasteiger partial charge is 0.493 e. The Morgan fingerprint density at radius 3 is 2.29 bits per heavy atom. The van der Waals surface area contributed by atoms with Gasteiger partial charge in [0.25, 0.3) is 10.0 Å². The molecule has 9 nitrogen and oxygen atoms in total. The van der Waals surface area contributed by atoms with Gasteiger partial charge >= 0.3 is 0 Å². The molecule has 226 valence electrons. The molecule has 42 heavy (non-hydrogen) atoms. The van der Waals surface area contributed by atoms with Crippen LogP contribution in [0.1, 0.15) is 32.3 Å². The highest BCUT2D eigenvalue weighted by Gasteiger charge is 2.33. The first kappa shape index (κ1) is 32.7. The Morgan fingerprint density at radius 2 is 1.67 bits per heavy atom. The quantitative estimate of drug-likeness (QED) is 0.254. The monoisotopic (exact) mass is 619 g/mol. The van der Waals surface area contributed by atoms with Gasteiger partial charge in [-0.25, -0.2) is 12.8 Å². The van der Waals surface area contributed by atoms with Gasteiger partial charge in [0.1, 0.15) is 18.4 Å². The van der Waals surface area contributed by atoms with Crippen LogP contribution in [-0.4, -0.2) is 58.5 Å². The van der Waals surface area contributed by atoms with E-state index >= 15 is 0 Å². The molecule has 1 atom stereocenters. The van der Waals surface area contributed by atoms with Crippen LogP contribution in [0.5, 0.6) is 11.5 Å². The maximum atomic E-state index is 14.0. The summed E-state index contributed by atoms with van der Waals surface area (Å²) in [6.07, 6.45) is 1.64. The van der Waals surface area contributed by atoms with E-state index in [1.165, 1.54) is 49.5 Å². The Bertz CT molecular complexity index is 1490. The zero-order valence-electron chi connectivity index (χ0n) is 24.0. The van der Waals surface area contributed by atoms with Gasteiger partial charge in [-0.3, -0.25) is 13.9 Å². The predicted molar refractivity (Wildman–Crippen MR) is 160 cm³/mol. The number of methoxy groups -OCH3 is 2. The molecule has 0 aliphatic carbocycles. The van der Waals surface area contributed by atoms with Gasteiger partial charge in [-0.05, 0) is 61.4 Å². The lowest BCUT2D eigenvalue weighted by Crippen LogP contribution is -2.51. The summed E-state index contributed by atoms with van der Waals surface area (Å²) in [5.74, 6) is -1.15. The van der Waals surface area contributed by atoms with Crippen molar-refractivity contribution >= 4 is 39.1 Å². The number of nitrogens with zero attached hydrogens (tertiary/aromatic N) is 2. The molecule has 12 heteroatoms. The molecule has 0 fully saturated rings. The van der Waals surface area contributed by atoms with Gasteiger partial charge in [0.05, 0.1) is 24.8 Å². The lowest BCUT2D eigenvalue weighted by Gasteiger charge is -2.32. The number of unbranched alkanes of at least 4 members (excludes halogenated alkanes) is 1. The second-order valence-electron chi connectivity index (χ2n) is 9.44. The first-order chi connectivity index (χ1) is 20.0. The van der Waals surface area contributed by atoms with Crippen LogP contribution in [0, 0.1) is 5.82 Å². The van der Waals surface area contributed by atoms with E-state index in [1.807, 2.05) is 6.92 Å². The maximum Gasteiger partial charge on any atom is 0.264 e. The number of nitrogens with one attached hydrogen (secondary N) is 1. The van der Waals surface area contributed by atoms with E-state index in [0.717, 1.165) is 29.3 Å². The standard InChI is InChI=1S/C30H35ClFN3O6S/c1-5-6-17-33-30(37)21(2)34(19-22-9-7-8-10-26(22)31)29(36)20-35(24-13-11-23(32)12-14-24)42(38,39)25-15-16-27(40-3)28(18-25)41-4/h7-16,18,21H,5-6,17,19-20H2,1-4H3,(H,33,37)/t21-/m0/s1. The van der Waals surface area contributed by atoms with Gasteiger partial charge < -0.3 is 19.7 Å². The third-order valence-corrected chi connectivity index (χ3v) is 8.77. The summed E-state index contributed by atoms with van der Waals surface area (Å²) in [6.45, 7) is 3.27.